The van der Waals surface area contributed by atoms with Crippen LogP contribution in [0.5, 0.6) is 0 Å². The van der Waals surface area contributed by atoms with Crippen LogP contribution in [0.25, 0.3) is 0 Å². The molecule has 0 heterocycles. The van der Waals surface area contributed by atoms with Crippen molar-refractivity contribution in [1.82, 2.24) is 5.32 Å². The third-order valence-electron chi connectivity index (χ3n) is 2.53. The molecule has 1 rings (SSSR count). The van der Waals surface area contributed by atoms with Crippen LogP contribution in [-0.2, 0) is 9.05 Å². The maximum atomic E-state index is 13.9. The number of nitrogens with one attached hydrogen (secondary N) is 1. The maximum absolute atomic E-state index is 13.9. The Labute approximate surface area is 122 Å². The van der Waals surface area contributed by atoms with Crippen molar-refractivity contribution in [1.29, 1.82) is 0 Å². The van der Waals surface area contributed by atoms with Crippen molar-refractivity contribution in [3.63, 3.8) is 0 Å². The molecule has 20 heavy (non-hydrogen) atoms. The first kappa shape index (κ1) is 16.9. The fourth-order valence-corrected chi connectivity index (χ4v) is 2.33. The standard InChI is InChI=1S/C13H17ClFNO3S/c1-8-5-9(20(14,18)19)6-10(11(8)15)12(17)16-7-13(2,3)4/h5-6H,7H2,1-4H3,(H,16,17). The van der Waals surface area contributed by atoms with E-state index in [4.69, 9.17) is 10.7 Å². The lowest BCUT2D eigenvalue weighted by molar-refractivity contribution is 0.0935. The molecule has 0 bridgehead atoms. The summed E-state index contributed by atoms with van der Waals surface area (Å²) < 4.78 is 36.5. The van der Waals surface area contributed by atoms with Gasteiger partial charge in [-0.1, -0.05) is 20.8 Å². The molecule has 0 aromatic heterocycles. The van der Waals surface area contributed by atoms with E-state index in [1.807, 2.05) is 20.8 Å². The van der Waals surface area contributed by atoms with Crippen LogP contribution < -0.4 is 5.32 Å². The lowest BCUT2D eigenvalue weighted by Crippen LogP contribution is -2.33. The number of halogens is 2. The first-order valence-corrected chi connectivity index (χ1v) is 8.26. The summed E-state index contributed by atoms with van der Waals surface area (Å²) in [7, 11) is 1.21. The number of hydrogen-bond donors (Lipinski definition) is 1. The van der Waals surface area contributed by atoms with Gasteiger partial charge in [0.15, 0.2) is 0 Å². The van der Waals surface area contributed by atoms with E-state index in [0.29, 0.717) is 6.54 Å². The van der Waals surface area contributed by atoms with Gasteiger partial charge in [-0.3, -0.25) is 4.79 Å². The predicted molar refractivity (Wildman–Crippen MR) is 76.0 cm³/mol. The molecule has 0 unspecified atom stereocenters. The summed E-state index contributed by atoms with van der Waals surface area (Å²) in [6.07, 6.45) is 0. The van der Waals surface area contributed by atoms with E-state index in [1.165, 1.54) is 6.92 Å². The number of amides is 1. The van der Waals surface area contributed by atoms with E-state index < -0.39 is 20.8 Å². The van der Waals surface area contributed by atoms with Crippen molar-refractivity contribution in [3.8, 4) is 0 Å². The fourth-order valence-electron chi connectivity index (χ4n) is 1.48. The summed E-state index contributed by atoms with van der Waals surface area (Å²) >= 11 is 0. The molecule has 0 aliphatic carbocycles. The zero-order valence-corrected chi connectivity index (χ0v) is 13.3. The highest BCUT2D eigenvalue weighted by molar-refractivity contribution is 8.13. The number of aryl methyl sites for hydroxylation is 1. The Morgan fingerprint density at radius 2 is 1.90 bits per heavy atom. The molecule has 0 fully saturated rings. The molecule has 0 aliphatic rings. The van der Waals surface area contributed by atoms with Gasteiger partial charge in [0.1, 0.15) is 5.82 Å². The zero-order chi connectivity index (χ0) is 15.7. The molecule has 0 spiro atoms. The molecule has 1 amide bonds. The van der Waals surface area contributed by atoms with Gasteiger partial charge in [-0.05, 0) is 30.0 Å². The van der Waals surface area contributed by atoms with Crippen molar-refractivity contribution < 1.29 is 17.6 Å². The summed E-state index contributed by atoms with van der Waals surface area (Å²) in [5, 5.41) is 2.57. The second kappa shape index (κ2) is 5.69. The molecule has 1 aromatic carbocycles. The molecule has 0 atom stereocenters. The molecule has 0 radical (unpaired) electrons. The van der Waals surface area contributed by atoms with Crippen molar-refractivity contribution in [3.05, 3.63) is 29.1 Å². The monoisotopic (exact) mass is 321 g/mol. The van der Waals surface area contributed by atoms with Gasteiger partial charge in [0, 0.05) is 17.2 Å². The molecule has 1 N–H and O–H groups in total. The molecule has 0 saturated heterocycles. The Balaban J connectivity index is 3.18. The molecule has 112 valence electrons. The topological polar surface area (TPSA) is 63.2 Å². The van der Waals surface area contributed by atoms with Crippen LogP contribution in [0.2, 0.25) is 0 Å². The van der Waals surface area contributed by atoms with Gasteiger partial charge in [-0.25, -0.2) is 12.8 Å². The SMILES string of the molecule is Cc1cc(S(=O)(=O)Cl)cc(C(=O)NCC(C)(C)C)c1F. The van der Waals surface area contributed by atoms with Gasteiger partial charge >= 0.3 is 0 Å². The minimum atomic E-state index is -4.02. The van der Waals surface area contributed by atoms with Crippen LogP contribution in [0.15, 0.2) is 17.0 Å². The van der Waals surface area contributed by atoms with E-state index in [0.717, 1.165) is 12.1 Å². The van der Waals surface area contributed by atoms with Crippen LogP contribution in [0.1, 0.15) is 36.7 Å². The molecule has 1 aromatic rings. The van der Waals surface area contributed by atoms with Gasteiger partial charge in [0.05, 0.1) is 10.5 Å². The maximum Gasteiger partial charge on any atom is 0.261 e. The van der Waals surface area contributed by atoms with Crippen molar-refractivity contribution in [2.24, 2.45) is 5.41 Å². The summed E-state index contributed by atoms with van der Waals surface area (Å²) in [5.74, 6) is -1.41. The average molecular weight is 322 g/mol. The molecular formula is C13H17ClFNO3S. The molecular weight excluding hydrogens is 305 g/mol. The van der Waals surface area contributed by atoms with E-state index in [-0.39, 0.29) is 21.4 Å². The highest BCUT2D eigenvalue weighted by atomic mass is 35.7. The van der Waals surface area contributed by atoms with Crippen LogP contribution in [0, 0.1) is 18.2 Å². The van der Waals surface area contributed by atoms with E-state index in [2.05, 4.69) is 5.32 Å². The van der Waals surface area contributed by atoms with E-state index in [9.17, 15) is 17.6 Å². The lowest BCUT2D eigenvalue weighted by Gasteiger charge is -2.19. The third-order valence-corrected chi connectivity index (χ3v) is 3.87. The summed E-state index contributed by atoms with van der Waals surface area (Å²) in [6, 6.07) is 2.04. The minimum Gasteiger partial charge on any atom is -0.351 e. The smallest absolute Gasteiger partial charge is 0.261 e. The lowest BCUT2D eigenvalue weighted by atomic mass is 9.97. The molecule has 0 aliphatic heterocycles. The number of hydrogen-bond acceptors (Lipinski definition) is 3. The minimum absolute atomic E-state index is 0.0487. The predicted octanol–water partition coefficient (Wildman–Crippen LogP) is 2.84. The number of benzene rings is 1. The highest BCUT2D eigenvalue weighted by Gasteiger charge is 2.21. The van der Waals surface area contributed by atoms with E-state index >= 15 is 0 Å². The Hall–Kier alpha value is -1.14. The van der Waals surface area contributed by atoms with Crippen molar-refractivity contribution in [2.45, 2.75) is 32.6 Å². The third kappa shape index (κ3) is 4.45. The summed E-state index contributed by atoms with van der Waals surface area (Å²) in [5.41, 5.74) is -0.446. The van der Waals surface area contributed by atoms with Gasteiger partial charge in [-0.15, -0.1) is 0 Å². The normalized spacial score (nSPS) is 12.3. The first-order chi connectivity index (χ1) is 8.92. The molecule has 4 nitrogen and oxygen atoms in total. The largest absolute Gasteiger partial charge is 0.351 e. The Morgan fingerprint density at radius 3 is 2.35 bits per heavy atom. The van der Waals surface area contributed by atoms with Gasteiger partial charge in [0.2, 0.25) is 0 Å². The van der Waals surface area contributed by atoms with Crippen LogP contribution in [0.4, 0.5) is 4.39 Å². The fraction of sp³-hybridized carbons (Fsp3) is 0.462. The van der Waals surface area contributed by atoms with Gasteiger partial charge in [-0.2, -0.15) is 0 Å². The van der Waals surface area contributed by atoms with E-state index in [1.54, 1.807) is 0 Å². The zero-order valence-electron chi connectivity index (χ0n) is 11.8. The first-order valence-electron chi connectivity index (χ1n) is 5.95. The Kier molecular flexibility index (Phi) is 4.82. The van der Waals surface area contributed by atoms with Crippen LogP contribution in [-0.4, -0.2) is 20.9 Å². The second-order valence-corrected chi connectivity index (χ2v) is 8.35. The second-order valence-electron chi connectivity index (χ2n) is 5.78. The Bertz CT molecular complexity index is 636. The highest BCUT2D eigenvalue weighted by Crippen LogP contribution is 2.22. The van der Waals surface area contributed by atoms with Crippen molar-refractivity contribution in [2.75, 3.05) is 6.54 Å². The van der Waals surface area contributed by atoms with Crippen molar-refractivity contribution >= 4 is 25.6 Å². The summed E-state index contributed by atoms with van der Waals surface area (Å²) in [4.78, 5) is 11.7. The number of rotatable bonds is 3. The average Bonchev–Trinajstić information content (AvgIpc) is 2.27. The van der Waals surface area contributed by atoms with Crippen LogP contribution >= 0.6 is 10.7 Å². The van der Waals surface area contributed by atoms with Crippen LogP contribution in [0.3, 0.4) is 0 Å². The quantitative estimate of drug-likeness (QED) is 0.871. The molecule has 0 saturated carbocycles. The van der Waals surface area contributed by atoms with Gasteiger partial charge < -0.3 is 5.32 Å². The molecule has 7 heteroatoms. The number of carbonyl (C=O) groups excluding carboxylic acids is 1. The Morgan fingerprint density at radius 1 is 1.35 bits per heavy atom. The summed E-state index contributed by atoms with van der Waals surface area (Å²) in [6.45, 7) is 7.45. The van der Waals surface area contributed by atoms with Gasteiger partial charge in [0.25, 0.3) is 15.0 Å². The number of carbonyl (C=O) groups is 1.